The van der Waals surface area contributed by atoms with Crippen LogP contribution in [0.1, 0.15) is 11.7 Å². The number of hydrogen-bond acceptors (Lipinski definition) is 3. The average molecular weight is 165 g/mol. The van der Waals surface area contributed by atoms with Crippen LogP contribution in [0.25, 0.3) is 0 Å². The molecule has 0 aliphatic carbocycles. The molecule has 1 aromatic rings. The number of aliphatic hydroxyl groups excluding tert-OH is 1. The van der Waals surface area contributed by atoms with Crippen molar-refractivity contribution in [2.75, 3.05) is 12.4 Å². The normalized spacial score (nSPS) is 26.5. The van der Waals surface area contributed by atoms with Crippen molar-refractivity contribution < 1.29 is 9.84 Å². The third-order valence-electron chi connectivity index (χ3n) is 2.11. The van der Waals surface area contributed by atoms with Crippen molar-refractivity contribution in [1.82, 2.24) is 0 Å². The molecule has 3 heteroatoms. The van der Waals surface area contributed by atoms with Crippen LogP contribution in [0.5, 0.6) is 0 Å². The number of fused-ring (bicyclic) bond motifs is 1. The topological polar surface area (TPSA) is 41.5 Å². The fraction of sp³-hybridized carbons (Fsp3) is 0.333. The fourth-order valence-electron chi connectivity index (χ4n) is 1.54. The average Bonchev–Trinajstić information content (AvgIpc) is 2.40. The molecule has 2 N–H and O–H groups in total. The summed E-state index contributed by atoms with van der Waals surface area (Å²) < 4.78 is 5.14. The SMILES string of the molecule is COC1c2ccccc2NC1O. The molecule has 3 nitrogen and oxygen atoms in total. The van der Waals surface area contributed by atoms with Crippen molar-refractivity contribution in [1.29, 1.82) is 0 Å². The third-order valence-corrected chi connectivity index (χ3v) is 2.11. The van der Waals surface area contributed by atoms with Gasteiger partial charge in [-0.15, -0.1) is 0 Å². The first-order valence-corrected chi connectivity index (χ1v) is 3.89. The Morgan fingerprint density at radius 3 is 2.92 bits per heavy atom. The number of benzene rings is 1. The number of nitrogens with one attached hydrogen (secondary N) is 1. The van der Waals surface area contributed by atoms with Crippen LogP contribution in [0.3, 0.4) is 0 Å². The molecule has 0 saturated heterocycles. The standard InChI is InChI=1S/C9H11NO2/c1-12-8-6-4-2-3-5-7(6)10-9(8)11/h2-5,8-11H,1H3. The van der Waals surface area contributed by atoms with Crippen LogP contribution >= 0.6 is 0 Å². The van der Waals surface area contributed by atoms with Gasteiger partial charge in [0, 0.05) is 18.4 Å². The summed E-state index contributed by atoms with van der Waals surface area (Å²) in [4.78, 5) is 0. The Bertz CT molecular complexity index is 288. The molecule has 0 bridgehead atoms. The number of ether oxygens (including phenoxy) is 1. The van der Waals surface area contributed by atoms with Gasteiger partial charge in [-0.1, -0.05) is 18.2 Å². The van der Waals surface area contributed by atoms with Crippen molar-refractivity contribution in [3.63, 3.8) is 0 Å². The van der Waals surface area contributed by atoms with Crippen LogP contribution in [0.2, 0.25) is 0 Å². The van der Waals surface area contributed by atoms with Crippen molar-refractivity contribution in [3.05, 3.63) is 29.8 Å². The van der Waals surface area contributed by atoms with Gasteiger partial charge in [0.05, 0.1) is 0 Å². The Hall–Kier alpha value is -1.06. The summed E-state index contributed by atoms with van der Waals surface area (Å²) in [5.74, 6) is 0. The van der Waals surface area contributed by atoms with E-state index in [9.17, 15) is 5.11 Å². The molecular formula is C9H11NO2. The van der Waals surface area contributed by atoms with Gasteiger partial charge < -0.3 is 15.2 Å². The van der Waals surface area contributed by atoms with Gasteiger partial charge in [-0.3, -0.25) is 0 Å². The second-order valence-corrected chi connectivity index (χ2v) is 2.83. The lowest BCUT2D eigenvalue weighted by Gasteiger charge is -2.12. The first-order chi connectivity index (χ1) is 5.83. The van der Waals surface area contributed by atoms with E-state index in [2.05, 4.69) is 5.32 Å². The predicted octanol–water partition coefficient (Wildman–Crippen LogP) is 1.12. The maximum Gasteiger partial charge on any atom is 0.155 e. The van der Waals surface area contributed by atoms with Gasteiger partial charge in [-0.2, -0.15) is 0 Å². The van der Waals surface area contributed by atoms with Crippen LogP contribution in [-0.4, -0.2) is 18.4 Å². The minimum absolute atomic E-state index is 0.235. The van der Waals surface area contributed by atoms with Crippen molar-refractivity contribution in [2.24, 2.45) is 0 Å². The van der Waals surface area contributed by atoms with Gasteiger partial charge in [0.1, 0.15) is 6.10 Å². The molecule has 0 radical (unpaired) electrons. The van der Waals surface area contributed by atoms with Gasteiger partial charge in [-0.25, -0.2) is 0 Å². The lowest BCUT2D eigenvalue weighted by molar-refractivity contribution is 0.00993. The van der Waals surface area contributed by atoms with Gasteiger partial charge in [0.25, 0.3) is 0 Å². The number of anilines is 1. The monoisotopic (exact) mass is 165 g/mol. The lowest BCUT2D eigenvalue weighted by atomic mass is 10.1. The Kier molecular flexibility index (Phi) is 1.75. The molecule has 0 aromatic heterocycles. The molecule has 64 valence electrons. The minimum atomic E-state index is -0.618. The number of aliphatic hydroxyl groups is 1. The Morgan fingerprint density at radius 1 is 1.42 bits per heavy atom. The summed E-state index contributed by atoms with van der Waals surface area (Å²) in [6, 6.07) is 7.74. The highest BCUT2D eigenvalue weighted by Gasteiger charge is 2.29. The van der Waals surface area contributed by atoms with Crippen LogP contribution < -0.4 is 5.32 Å². The molecule has 2 rings (SSSR count). The highest BCUT2D eigenvalue weighted by atomic mass is 16.5. The molecule has 1 aromatic carbocycles. The molecule has 1 aliphatic rings. The van der Waals surface area contributed by atoms with E-state index in [1.165, 1.54) is 0 Å². The first kappa shape index (κ1) is 7.58. The van der Waals surface area contributed by atoms with Crippen LogP contribution in [0.15, 0.2) is 24.3 Å². The molecule has 2 atom stereocenters. The van der Waals surface area contributed by atoms with Gasteiger partial charge in [0.2, 0.25) is 0 Å². The molecule has 1 heterocycles. The van der Waals surface area contributed by atoms with E-state index in [0.29, 0.717) is 0 Å². The van der Waals surface area contributed by atoms with E-state index in [1.807, 2.05) is 24.3 Å². The minimum Gasteiger partial charge on any atom is -0.372 e. The predicted molar refractivity (Wildman–Crippen MR) is 45.8 cm³/mol. The lowest BCUT2D eigenvalue weighted by Crippen LogP contribution is -2.20. The molecule has 0 spiro atoms. The summed E-state index contributed by atoms with van der Waals surface area (Å²) in [6.07, 6.45) is -0.853. The molecule has 0 saturated carbocycles. The zero-order valence-corrected chi connectivity index (χ0v) is 6.82. The van der Waals surface area contributed by atoms with Crippen molar-refractivity contribution >= 4 is 5.69 Å². The zero-order valence-electron chi connectivity index (χ0n) is 6.82. The summed E-state index contributed by atoms with van der Waals surface area (Å²) in [6.45, 7) is 0. The second kappa shape index (κ2) is 2.77. The molecule has 2 unspecified atom stereocenters. The van der Waals surface area contributed by atoms with Crippen LogP contribution in [-0.2, 0) is 4.74 Å². The maximum absolute atomic E-state index is 9.47. The molecule has 1 aliphatic heterocycles. The summed E-state index contributed by atoms with van der Waals surface area (Å²) >= 11 is 0. The Morgan fingerprint density at radius 2 is 2.17 bits per heavy atom. The van der Waals surface area contributed by atoms with E-state index in [0.717, 1.165) is 11.3 Å². The van der Waals surface area contributed by atoms with Crippen molar-refractivity contribution in [3.8, 4) is 0 Å². The molecule has 0 fully saturated rings. The van der Waals surface area contributed by atoms with Gasteiger partial charge in [-0.05, 0) is 6.07 Å². The van der Waals surface area contributed by atoms with E-state index in [1.54, 1.807) is 7.11 Å². The maximum atomic E-state index is 9.47. The van der Waals surface area contributed by atoms with E-state index < -0.39 is 6.23 Å². The van der Waals surface area contributed by atoms with Crippen LogP contribution in [0.4, 0.5) is 5.69 Å². The Balaban J connectivity index is 2.40. The second-order valence-electron chi connectivity index (χ2n) is 2.83. The molecule has 12 heavy (non-hydrogen) atoms. The van der Waals surface area contributed by atoms with Crippen LogP contribution in [0, 0.1) is 0 Å². The van der Waals surface area contributed by atoms with Crippen molar-refractivity contribution in [2.45, 2.75) is 12.3 Å². The summed E-state index contributed by atoms with van der Waals surface area (Å²) in [5.41, 5.74) is 1.98. The van der Waals surface area contributed by atoms with E-state index in [4.69, 9.17) is 4.74 Å². The zero-order chi connectivity index (χ0) is 8.55. The molecular weight excluding hydrogens is 154 g/mol. The number of para-hydroxylation sites is 1. The number of methoxy groups -OCH3 is 1. The highest BCUT2D eigenvalue weighted by Crippen LogP contribution is 2.34. The smallest absolute Gasteiger partial charge is 0.155 e. The Labute approximate surface area is 71.0 Å². The fourth-order valence-corrected chi connectivity index (χ4v) is 1.54. The van der Waals surface area contributed by atoms with Gasteiger partial charge in [0.15, 0.2) is 6.23 Å². The third kappa shape index (κ3) is 0.983. The summed E-state index contributed by atoms with van der Waals surface area (Å²) in [5, 5.41) is 12.4. The summed E-state index contributed by atoms with van der Waals surface area (Å²) in [7, 11) is 1.59. The van der Waals surface area contributed by atoms with Gasteiger partial charge >= 0.3 is 0 Å². The molecule has 0 amide bonds. The largest absolute Gasteiger partial charge is 0.372 e. The highest BCUT2D eigenvalue weighted by molar-refractivity contribution is 5.57. The number of hydrogen-bond donors (Lipinski definition) is 2. The number of rotatable bonds is 1. The van der Waals surface area contributed by atoms with E-state index in [-0.39, 0.29) is 6.10 Å². The van der Waals surface area contributed by atoms with E-state index >= 15 is 0 Å². The first-order valence-electron chi connectivity index (χ1n) is 3.89. The quantitative estimate of drug-likeness (QED) is 0.655.